The van der Waals surface area contributed by atoms with Gasteiger partial charge in [-0.1, -0.05) is 95.6 Å². The summed E-state index contributed by atoms with van der Waals surface area (Å²) in [6, 6.07) is 28.2. The van der Waals surface area contributed by atoms with E-state index in [0.717, 1.165) is 36.1 Å². The van der Waals surface area contributed by atoms with Gasteiger partial charge in [0.15, 0.2) is 0 Å². The first-order chi connectivity index (χ1) is 17.2. The van der Waals surface area contributed by atoms with Crippen LogP contribution in [0.15, 0.2) is 89.5 Å². The molecular weight excluding hydrogens is 436 g/mol. The van der Waals surface area contributed by atoms with Gasteiger partial charge in [-0.15, -0.1) is 0 Å². The van der Waals surface area contributed by atoms with Crippen LogP contribution in [0.5, 0.6) is 0 Å². The Bertz CT molecular complexity index is 1200. The third kappa shape index (κ3) is 5.66. The van der Waals surface area contributed by atoms with Crippen LogP contribution in [0, 0.1) is 12.8 Å². The zero-order valence-electron chi connectivity index (χ0n) is 19.9. The van der Waals surface area contributed by atoms with E-state index in [9.17, 15) is 4.79 Å². The summed E-state index contributed by atoms with van der Waals surface area (Å²) in [5.74, 6) is 1.17. The first kappa shape index (κ1) is 23.0. The van der Waals surface area contributed by atoms with E-state index in [4.69, 9.17) is 4.52 Å². The summed E-state index contributed by atoms with van der Waals surface area (Å²) in [7, 11) is 0. The molecule has 1 unspecified atom stereocenters. The number of carbonyl (C=O) groups is 1. The van der Waals surface area contributed by atoms with Gasteiger partial charge in [0.05, 0.1) is 18.5 Å². The maximum atomic E-state index is 13.4. The molecule has 5 rings (SSSR count). The largest absolute Gasteiger partial charge is 0.345 e. The van der Waals surface area contributed by atoms with Crippen molar-refractivity contribution in [2.75, 3.05) is 13.1 Å². The van der Waals surface area contributed by atoms with E-state index in [-0.39, 0.29) is 17.9 Å². The van der Waals surface area contributed by atoms with Crippen molar-refractivity contribution < 1.29 is 9.32 Å². The van der Waals surface area contributed by atoms with Crippen molar-refractivity contribution in [3.05, 3.63) is 108 Å². The molecule has 3 aromatic carbocycles. The second-order valence-corrected chi connectivity index (χ2v) is 9.21. The highest BCUT2D eigenvalue weighted by atomic mass is 16.5. The fourth-order valence-corrected chi connectivity index (χ4v) is 4.65. The Balaban J connectivity index is 1.24. The predicted molar refractivity (Wildman–Crippen MR) is 135 cm³/mol. The Morgan fingerprint density at radius 3 is 2.31 bits per heavy atom. The molecule has 1 N–H and O–H groups in total. The molecular formula is C29H30N4O2. The summed E-state index contributed by atoms with van der Waals surface area (Å²) in [6.07, 6.45) is 1.83. The van der Waals surface area contributed by atoms with E-state index >= 15 is 0 Å². The molecule has 1 amide bonds. The smallest absolute Gasteiger partial charge is 0.241 e. The molecule has 0 aliphatic carbocycles. The first-order valence-electron chi connectivity index (χ1n) is 12.2. The average molecular weight is 467 g/mol. The zero-order chi connectivity index (χ0) is 24.0. The lowest BCUT2D eigenvalue weighted by atomic mass is 9.94. The van der Waals surface area contributed by atoms with Crippen molar-refractivity contribution in [2.45, 2.75) is 32.4 Å². The fourth-order valence-electron chi connectivity index (χ4n) is 4.65. The van der Waals surface area contributed by atoms with Crippen molar-refractivity contribution in [3.63, 3.8) is 0 Å². The van der Waals surface area contributed by atoms with E-state index in [2.05, 4.69) is 51.5 Å². The van der Waals surface area contributed by atoms with E-state index in [1.165, 1.54) is 5.56 Å². The van der Waals surface area contributed by atoms with Crippen LogP contribution in [-0.2, 0) is 11.3 Å². The number of aromatic nitrogens is 2. The summed E-state index contributed by atoms with van der Waals surface area (Å²) in [5.41, 5.74) is 4.29. The van der Waals surface area contributed by atoms with Gasteiger partial charge in [0, 0.05) is 12.1 Å². The van der Waals surface area contributed by atoms with E-state index < -0.39 is 0 Å². The molecule has 4 aromatic rings. The van der Waals surface area contributed by atoms with Gasteiger partial charge >= 0.3 is 0 Å². The zero-order valence-corrected chi connectivity index (χ0v) is 19.9. The molecule has 2 heterocycles. The molecule has 1 fully saturated rings. The summed E-state index contributed by atoms with van der Waals surface area (Å²) >= 11 is 0. The number of rotatable bonds is 7. The van der Waals surface area contributed by atoms with Gasteiger partial charge in [-0.3, -0.25) is 9.69 Å². The topological polar surface area (TPSA) is 71.3 Å². The lowest BCUT2D eigenvalue weighted by Crippen LogP contribution is -2.43. The second kappa shape index (κ2) is 10.7. The third-order valence-corrected chi connectivity index (χ3v) is 6.57. The Morgan fingerprint density at radius 2 is 1.66 bits per heavy atom. The SMILES string of the molecule is Cc1ccc(-c2noc(CN3CCCC(C(=O)NC(c4ccccc4)c4ccccc4)C3)n2)cc1. The lowest BCUT2D eigenvalue weighted by Gasteiger charge is -2.32. The van der Waals surface area contributed by atoms with Crippen LogP contribution in [0.1, 0.15) is 41.5 Å². The number of carbonyl (C=O) groups excluding carboxylic acids is 1. The Hall–Kier alpha value is -3.77. The summed E-state index contributed by atoms with van der Waals surface area (Å²) in [6.45, 7) is 4.18. The molecule has 0 spiro atoms. The van der Waals surface area contributed by atoms with Crippen molar-refractivity contribution in [2.24, 2.45) is 5.92 Å². The molecule has 6 heteroatoms. The highest BCUT2D eigenvalue weighted by Gasteiger charge is 2.29. The third-order valence-electron chi connectivity index (χ3n) is 6.57. The van der Waals surface area contributed by atoms with Crippen LogP contribution in [0.4, 0.5) is 0 Å². The second-order valence-electron chi connectivity index (χ2n) is 9.21. The minimum absolute atomic E-state index is 0.0817. The van der Waals surface area contributed by atoms with Crippen LogP contribution in [0.2, 0.25) is 0 Å². The molecule has 0 saturated carbocycles. The lowest BCUT2D eigenvalue weighted by molar-refractivity contribution is -0.127. The maximum absolute atomic E-state index is 13.4. The van der Waals surface area contributed by atoms with Crippen LogP contribution in [0.3, 0.4) is 0 Å². The van der Waals surface area contributed by atoms with Gasteiger partial charge in [0.2, 0.25) is 17.6 Å². The van der Waals surface area contributed by atoms with Crippen LogP contribution in [0.25, 0.3) is 11.4 Å². The van der Waals surface area contributed by atoms with Crippen molar-refractivity contribution in [1.82, 2.24) is 20.4 Å². The number of nitrogens with one attached hydrogen (secondary N) is 1. The summed E-state index contributed by atoms with van der Waals surface area (Å²) in [4.78, 5) is 20.2. The van der Waals surface area contributed by atoms with Crippen LogP contribution >= 0.6 is 0 Å². The van der Waals surface area contributed by atoms with Gasteiger partial charge in [-0.25, -0.2) is 0 Å². The van der Waals surface area contributed by atoms with Gasteiger partial charge in [0.1, 0.15) is 0 Å². The predicted octanol–water partition coefficient (Wildman–Crippen LogP) is 5.16. The quantitative estimate of drug-likeness (QED) is 0.407. The molecule has 178 valence electrons. The first-order valence-corrected chi connectivity index (χ1v) is 12.2. The number of benzene rings is 3. The molecule has 0 bridgehead atoms. The Labute approximate surface area is 206 Å². The molecule has 1 aliphatic heterocycles. The van der Waals surface area contributed by atoms with E-state index in [1.54, 1.807) is 0 Å². The standard InChI is InChI=1S/C29H30N4O2/c1-21-14-16-24(17-15-21)28-30-26(35-32-28)20-33-18-8-13-25(19-33)29(34)31-27(22-9-4-2-5-10-22)23-11-6-3-7-12-23/h2-7,9-12,14-17,25,27H,8,13,18-20H2,1H3,(H,31,34). The Kier molecular flexibility index (Phi) is 7.00. The molecule has 1 saturated heterocycles. The summed E-state index contributed by atoms with van der Waals surface area (Å²) < 4.78 is 5.52. The van der Waals surface area contributed by atoms with Crippen LogP contribution < -0.4 is 5.32 Å². The maximum Gasteiger partial charge on any atom is 0.241 e. The van der Waals surface area contributed by atoms with Gasteiger partial charge in [0.25, 0.3) is 0 Å². The molecule has 6 nitrogen and oxygen atoms in total. The normalized spacial score (nSPS) is 16.3. The number of hydrogen-bond acceptors (Lipinski definition) is 5. The number of nitrogens with zero attached hydrogens (tertiary/aromatic N) is 3. The van der Waals surface area contributed by atoms with Crippen molar-refractivity contribution in [3.8, 4) is 11.4 Å². The number of likely N-dealkylation sites (tertiary alicyclic amines) is 1. The van der Waals surface area contributed by atoms with E-state index in [1.807, 2.05) is 60.7 Å². The molecule has 1 aliphatic rings. The summed E-state index contributed by atoms with van der Waals surface area (Å²) in [5, 5.41) is 7.47. The highest BCUT2D eigenvalue weighted by molar-refractivity contribution is 5.80. The van der Waals surface area contributed by atoms with Crippen molar-refractivity contribution >= 4 is 5.91 Å². The van der Waals surface area contributed by atoms with Gasteiger partial charge in [-0.05, 0) is 37.4 Å². The number of piperidine rings is 1. The minimum Gasteiger partial charge on any atom is -0.345 e. The Morgan fingerprint density at radius 1 is 1.00 bits per heavy atom. The minimum atomic E-state index is -0.173. The number of amides is 1. The van der Waals surface area contributed by atoms with Gasteiger partial charge in [-0.2, -0.15) is 4.98 Å². The van der Waals surface area contributed by atoms with Crippen molar-refractivity contribution in [1.29, 1.82) is 0 Å². The van der Waals surface area contributed by atoms with E-state index in [0.29, 0.717) is 24.8 Å². The number of aryl methyl sites for hydroxylation is 1. The fraction of sp³-hybridized carbons (Fsp3) is 0.276. The average Bonchev–Trinajstić information content (AvgIpc) is 3.37. The van der Waals surface area contributed by atoms with Crippen LogP contribution in [-0.4, -0.2) is 34.0 Å². The monoisotopic (exact) mass is 466 g/mol. The molecule has 1 atom stereocenters. The molecule has 0 radical (unpaired) electrons. The molecule has 1 aromatic heterocycles. The number of hydrogen-bond donors (Lipinski definition) is 1. The highest BCUT2D eigenvalue weighted by Crippen LogP contribution is 2.25. The van der Waals surface area contributed by atoms with Gasteiger partial charge < -0.3 is 9.84 Å². The molecule has 35 heavy (non-hydrogen) atoms.